The Bertz CT molecular complexity index is 1260. The molecule has 0 spiro atoms. The Morgan fingerprint density at radius 2 is 1.82 bits per heavy atom. The SMILES string of the molecule is Cc1cccc(CN2CCCN(c3cccc(NC(=O)c4ccc(C)c([N+](=O)[O-])c4)c3)C2=O)c1. The number of urea groups is 1. The largest absolute Gasteiger partial charge is 0.324 e. The van der Waals surface area contributed by atoms with Crippen molar-refractivity contribution in [3.8, 4) is 0 Å². The van der Waals surface area contributed by atoms with Crippen molar-refractivity contribution in [1.29, 1.82) is 0 Å². The fraction of sp³-hybridized carbons (Fsp3) is 0.231. The van der Waals surface area contributed by atoms with Crippen LogP contribution in [0.2, 0.25) is 0 Å². The first-order chi connectivity index (χ1) is 16.3. The first-order valence-electron chi connectivity index (χ1n) is 11.1. The maximum Gasteiger partial charge on any atom is 0.324 e. The summed E-state index contributed by atoms with van der Waals surface area (Å²) in [6.45, 7) is 5.47. The molecule has 1 aliphatic rings. The van der Waals surface area contributed by atoms with Crippen LogP contribution in [-0.2, 0) is 6.54 Å². The molecule has 1 saturated heterocycles. The number of carbonyl (C=O) groups excluding carboxylic acids is 2. The van der Waals surface area contributed by atoms with Crippen LogP contribution in [-0.4, -0.2) is 34.9 Å². The number of aryl methyl sites for hydroxylation is 2. The minimum Gasteiger partial charge on any atom is -0.322 e. The molecule has 8 nitrogen and oxygen atoms in total. The molecular weight excluding hydrogens is 432 g/mol. The second kappa shape index (κ2) is 9.74. The maximum atomic E-state index is 13.2. The Kier molecular flexibility index (Phi) is 6.58. The van der Waals surface area contributed by atoms with Crippen LogP contribution in [0.25, 0.3) is 0 Å². The second-order valence-corrected chi connectivity index (χ2v) is 8.46. The van der Waals surface area contributed by atoms with Crippen LogP contribution in [0.3, 0.4) is 0 Å². The number of nitrogens with one attached hydrogen (secondary N) is 1. The van der Waals surface area contributed by atoms with Crippen molar-refractivity contribution in [1.82, 2.24) is 4.90 Å². The molecule has 0 bridgehead atoms. The molecule has 0 radical (unpaired) electrons. The van der Waals surface area contributed by atoms with E-state index in [-0.39, 0.29) is 17.3 Å². The van der Waals surface area contributed by atoms with Crippen LogP contribution in [0, 0.1) is 24.0 Å². The Morgan fingerprint density at radius 3 is 2.59 bits per heavy atom. The van der Waals surface area contributed by atoms with E-state index in [1.54, 1.807) is 42.2 Å². The lowest BCUT2D eigenvalue weighted by Gasteiger charge is -2.36. The summed E-state index contributed by atoms with van der Waals surface area (Å²) >= 11 is 0. The molecule has 1 heterocycles. The van der Waals surface area contributed by atoms with Gasteiger partial charge in [0.25, 0.3) is 11.6 Å². The normalized spacial score (nSPS) is 13.6. The fourth-order valence-electron chi connectivity index (χ4n) is 4.10. The highest BCUT2D eigenvalue weighted by molar-refractivity contribution is 6.05. The number of anilines is 2. The molecule has 1 N–H and O–H groups in total. The van der Waals surface area contributed by atoms with Gasteiger partial charge in [-0.05, 0) is 50.1 Å². The van der Waals surface area contributed by atoms with Crippen molar-refractivity contribution in [3.63, 3.8) is 0 Å². The molecule has 3 aromatic rings. The molecule has 1 aliphatic heterocycles. The van der Waals surface area contributed by atoms with Gasteiger partial charge in [0, 0.05) is 48.2 Å². The van der Waals surface area contributed by atoms with Crippen molar-refractivity contribution in [2.45, 2.75) is 26.8 Å². The van der Waals surface area contributed by atoms with Crippen molar-refractivity contribution < 1.29 is 14.5 Å². The number of rotatable bonds is 6. The highest BCUT2D eigenvalue weighted by Crippen LogP contribution is 2.25. The fourth-order valence-corrected chi connectivity index (χ4v) is 4.10. The molecule has 34 heavy (non-hydrogen) atoms. The van der Waals surface area contributed by atoms with Crippen LogP contribution in [0.4, 0.5) is 21.9 Å². The topological polar surface area (TPSA) is 95.8 Å². The van der Waals surface area contributed by atoms with Crippen molar-refractivity contribution in [2.75, 3.05) is 23.3 Å². The van der Waals surface area contributed by atoms with Gasteiger partial charge in [-0.15, -0.1) is 0 Å². The zero-order chi connectivity index (χ0) is 24.2. The number of hydrogen-bond acceptors (Lipinski definition) is 4. The second-order valence-electron chi connectivity index (χ2n) is 8.46. The van der Waals surface area contributed by atoms with Crippen LogP contribution in [0.15, 0.2) is 66.7 Å². The molecule has 1 fully saturated rings. The summed E-state index contributed by atoms with van der Waals surface area (Å²) in [4.78, 5) is 40.2. The summed E-state index contributed by atoms with van der Waals surface area (Å²) in [5.74, 6) is -0.453. The Labute approximate surface area is 198 Å². The molecule has 8 heteroatoms. The van der Waals surface area contributed by atoms with E-state index in [2.05, 4.69) is 11.4 Å². The zero-order valence-corrected chi connectivity index (χ0v) is 19.2. The van der Waals surface area contributed by atoms with E-state index in [1.807, 2.05) is 36.1 Å². The summed E-state index contributed by atoms with van der Waals surface area (Å²) < 4.78 is 0. The number of nitro benzene ring substituents is 1. The van der Waals surface area contributed by atoms with Gasteiger partial charge < -0.3 is 10.2 Å². The van der Waals surface area contributed by atoms with E-state index >= 15 is 0 Å². The first-order valence-corrected chi connectivity index (χ1v) is 11.1. The van der Waals surface area contributed by atoms with Crippen LogP contribution in [0.1, 0.15) is 33.5 Å². The molecule has 0 saturated carbocycles. The van der Waals surface area contributed by atoms with Gasteiger partial charge in [-0.25, -0.2) is 4.79 Å². The summed E-state index contributed by atoms with van der Waals surface area (Å²) in [5.41, 5.74) is 4.02. The van der Waals surface area contributed by atoms with Gasteiger partial charge in [0.1, 0.15) is 0 Å². The quantitative estimate of drug-likeness (QED) is 0.401. The monoisotopic (exact) mass is 458 g/mol. The maximum absolute atomic E-state index is 13.2. The lowest BCUT2D eigenvalue weighted by atomic mass is 10.1. The first kappa shape index (κ1) is 23.0. The lowest BCUT2D eigenvalue weighted by Crippen LogP contribution is -2.49. The summed E-state index contributed by atoms with van der Waals surface area (Å²) in [5, 5.41) is 14.0. The third-order valence-corrected chi connectivity index (χ3v) is 5.85. The molecule has 0 aliphatic carbocycles. The van der Waals surface area contributed by atoms with Crippen LogP contribution >= 0.6 is 0 Å². The molecule has 0 unspecified atom stereocenters. The number of amides is 3. The highest BCUT2D eigenvalue weighted by atomic mass is 16.6. The molecule has 174 valence electrons. The third kappa shape index (κ3) is 5.06. The summed E-state index contributed by atoms with van der Waals surface area (Å²) in [6.07, 6.45) is 0.835. The predicted octanol–water partition coefficient (Wildman–Crippen LogP) is 5.30. The Morgan fingerprint density at radius 1 is 1.03 bits per heavy atom. The number of nitrogens with zero attached hydrogens (tertiary/aromatic N) is 3. The molecular formula is C26H26N4O4. The van der Waals surface area contributed by atoms with Gasteiger partial charge in [0.2, 0.25) is 0 Å². The molecule has 0 atom stereocenters. The van der Waals surface area contributed by atoms with Crippen molar-refractivity contribution in [3.05, 3.63) is 99.1 Å². The smallest absolute Gasteiger partial charge is 0.322 e. The van der Waals surface area contributed by atoms with Gasteiger partial charge in [-0.3, -0.25) is 19.8 Å². The minimum absolute atomic E-state index is 0.0783. The molecule has 3 aromatic carbocycles. The van der Waals surface area contributed by atoms with E-state index in [4.69, 9.17) is 0 Å². The van der Waals surface area contributed by atoms with Crippen molar-refractivity contribution >= 4 is 29.0 Å². The standard InChI is InChI=1S/C26H26N4O4/c1-18-6-3-7-20(14-18)17-28-12-5-13-29(26(28)32)23-9-4-8-22(16-23)27-25(31)21-11-10-19(2)24(15-21)30(33)34/h3-4,6-11,14-16H,5,12-13,17H2,1-2H3,(H,27,31). The van der Waals surface area contributed by atoms with Crippen molar-refractivity contribution in [2.24, 2.45) is 0 Å². The predicted molar refractivity (Wildman–Crippen MR) is 131 cm³/mol. The van der Waals surface area contributed by atoms with Crippen LogP contribution in [0.5, 0.6) is 0 Å². The Balaban J connectivity index is 1.49. The van der Waals surface area contributed by atoms with Gasteiger partial charge in [-0.2, -0.15) is 0 Å². The average molecular weight is 459 g/mol. The van der Waals surface area contributed by atoms with Gasteiger partial charge in [-0.1, -0.05) is 42.0 Å². The van der Waals surface area contributed by atoms with Gasteiger partial charge in [0.05, 0.1) is 4.92 Å². The average Bonchev–Trinajstić information content (AvgIpc) is 2.81. The molecule has 3 amide bonds. The molecule has 0 aromatic heterocycles. The van der Waals surface area contributed by atoms with E-state index < -0.39 is 10.8 Å². The highest BCUT2D eigenvalue weighted by Gasteiger charge is 2.27. The van der Waals surface area contributed by atoms with Crippen LogP contribution < -0.4 is 10.2 Å². The zero-order valence-electron chi connectivity index (χ0n) is 19.2. The van der Waals surface area contributed by atoms with E-state index in [9.17, 15) is 19.7 Å². The summed E-state index contributed by atoms with van der Waals surface area (Å²) in [6, 6.07) is 19.5. The van der Waals surface area contributed by atoms with E-state index in [1.165, 1.54) is 6.07 Å². The number of hydrogen-bond donors (Lipinski definition) is 1. The number of benzene rings is 3. The summed E-state index contributed by atoms with van der Waals surface area (Å²) in [7, 11) is 0. The van der Waals surface area contributed by atoms with Gasteiger partial charge >= 0.3 is 6.03 Å². The minimum atomic E-state index is -0.503. The molecule has 4 rings (SSSR count). The van der Waals surface area contributed by atoms with Gasteiger partial charge in [0.15, 0.2) is 0 Å². The number of nitro groups is 1. The third-order valence-electron chi connectivity index (χ3n) is 5.85. The lowest BCUT2D eigenvalue weighted by molar-refractivity contribution is -0.385. The Hall–Kier alpha value is -4.20. The van der Waals surface area contributed by atoms with E-state index in [0.717, 1.165) is 17.5 Å². The number of carbonyl (C=O) groups is 2. The van der Waals surface area contributed by atoms with E-state index in [0.29, 0.717) is 36.6 Å².